The van der Waals surface area contributed by atoms with Gasteiger partial charge in [0.05, 0.1) is 28.8 Å². The molecule has 0 fully saturated rings. The molecule has 1 aromatic heterocycles. The number of para-hydroxylation sites is 1. The van der Waals surface area contributed by atoms with Gasteiger partial charge in [-0.05, 0) is 49.4 Å². The number of amides is 1. The van der Waals surface area contributed by atoms with E-state index in [1.165, 1.54) is 32.5 Å². The lowest BCUT2D eigenvalue weighted by Gasteiger charge is -2.15. The zero-order valence-corrected chi connectivity index (χ0v) is 19.3. The van der Waals surface area contributed by atoms with Gasteiger partial charge in [0.2, 0.25) is 0 Å². The lowest BCUT2D eigenvalue weighted by Crippen LogP contribution is -2.30. The Bertz CT molecular complexity index is 1440. The van der Waals surface area contributed by atoms with Crippen LogP contribution in [0.2, 0.25) is 0 Å². The van der Waals surface area contributed by atoms with Gasteiger partial charge in [0.25, 0.3) is 11.6 Å². The van der Waals surface area contributed by atoms with Crippen molar-refractivity contribution < 1.29 is 24.0 Å². The number of hydrogen-bond acceptors (Lipinski definition) is 9. The van der Waals surface area contributed by atoms with E-state index in [0.717, 1.165) is 17.0 Å². The van der Waals surface area contributed by atoms with Gasteiger partial charge in [0, 0.05) is 23.2 Å². The third-order valence-corrected chi connectivity index (χ3v) is 5.23. The van der Waals surface area contributed by atoms with Gasteiger partial charge >= 0.3 is 5.97 Å². The third-order valence-electron chi connectivity index (χ3n) is 5.23. The van der Waals surface area contributed by atoms with Crippen molar-refractivity contribution >= 4 is 45.7 Å². The maximum absolute atomic E-state index is 12.6. The molecular weight excluding hydrogens is 466 g/mol. The Morgan fingerprint density at radius 3 is 2.50 bits per heavy atom. The molecule has 0 spiro atoms. The number of aromatic nitrogens is 2. The Hall–Kier alpha value is -5.06. The van der Waals surface area contributed by atoms with Gasteiger partial charge in [-0.2, -0.15) is 0 Å². The normalized spacial score (nSPS) is 11.4. The lowest BCUT2D eigenvalue weighted by atomic mass is 10.2. The monoisotopic (exact) mass is 487 g/mol. The van der Waals surface area contributed by atoms with Crippen LogP contribution in [0, 0.1) is 10.1 Å². The van der Waals surface area contributed by atoms with Crippen molar-refractivity contribution in [3.05, 3.63) is 88.7 Å². The van der Waals surface area contributed by atoms with Crippen LogP contribution in [0.3, 0.4) is 0 Å². The van der Waals surface area contributed by atoms with Crippen molar-refractivity contribution in [2.24, 2.45) is 0 Å². The summed E-state index contributed by atoms with van der Waals surface area (Å²) in [6.45, 7) is 1.40. The highest BCUT2D eigenvalue weighted by Crippen LogP contribution is 2.29. The number of benzene rings is 3. The molecule has 0 radical (unpaired) electrons. The van der Waals surface area contributed by atoms with Crippen molar-refractivity contribution in [2.45, 2.75) is 13.0 Å². The fourth-order valence-corrected chi connectivity index (χ4v) is 3.35. The van der Waals surface area contributed by atoms with Crippen molar-refractivity contribution in [1.29, 1.82) is 0 Å². The average molecular weight is 487 g/mol. The molecule has 3 aromatic carbocycles. The smallest absolute Gasteiger partial charge is 0.338 e. The van der Waals surface area contributed by atoms with Gasteiger partial charge < -0.3 is 20.1 Å². The maximum atomic E-state index is 12.6. The molecule has 11 heteroatoms. The van der Waals surface area contributed by atoms with E-state index in [2.05, 4.69) is 20.6 Å². The summed E-state index contributed by atoms with van der Waals surface area (Å²) in [5, 5.41) is 17.6. The van der Waals surface area contributed by atoms with Crippen molar-refractivity contribution in [1.82, 2.24) is 9.97 Å². The molecule has 0 aliphatic rings. The molecule has 2 N–H and O–H groups in total. The molecule has 1 atom stereocenters. The minimum absolute atomic E-state index is 0.0901. The maximum Gasteiger partial charge on any atom is 0.338 e. The number of rotatable bonds is 8. The minimum atomic E-state index is -1.17. The van der Waals surface area contributed by atoms with Gasteiger partial charge in [-0.1, -0.05) is 12.1 Å². The molecule has 0 bridgehead atoms. The summed E-state index contributed by atoms with van der Waals surface area (Å²) in [6, 6.07) is 17.8. The molecule has 11 nitrogen and oxygen atoms in total. The number of fused-ring (bicyclic) bond motifs is 1. The fourth-order valence-electron chi connectivity index (χ4n) is 3.35. The van der Waals surface area contributed by atoms with Gasteiger partial charge in [-0.25, -0.2) is 14.8 Å². The first kappa shape index (κ1) is 24.1. The Morgan fingerprint density at radius 2 is 1.78 bits per heavy atom. The zero-order chi connectivity index (χ0) is 25.7. The highest BCUT2D eigenvalue weighted by atomic mass is 16.6. The van der Waals surface area contributed by atoms with Crippen LogP contribution >= 0.6 is 0 Å². The number of ether oxygens (including phenoxy) is 2. The Balaban J connectivity index is 1.40. The molecule has 182 valence electrons. The molecule has 0 saturated carbocycles. The van der Waals surface area contributed by atoms with Gasteiger partial charge in [-0.15, -0.1) is 0 Å². The SMILES string of the molecule is COc1ccc([N+](=O)[O-])cc1NC(=O)C(C)OC(=O)c1ccc(Nc2ncnc3ccccc23)cc1. The molecule has 4 aromatic rings. The summed E-state index contributed by atoms with van der Waals surface area (Å²) >= 11 is 0. The standard InChI is InChI=1S/C25H21N5O6/c1-15(24(31)29-21-13-18(30(33)34)11-12-22(21)35-2)36-25(32)16-7-9-17(10-8-16)28-23-19-5-3-4-6-20(19)26-14-27-23/h3-15H,1-2H3,(H,29,31)(H,26,27,28). The van der Waals surface area contributed by atoms with Crippen LogP contribution in [-0.2, 0) is 9.53 Å². The topological polar surface area (TPSA) is 146 Å². The third kappa shape index (κ3) is 5.36. The number of non-ortho nitro benzene ring substituents is 1. The number of carbonyl (C=O) groups is 2. The number of nitrogens with one attached hydrogen (secondary N) is 2. The fraction of sp³-hybridized carbons (Fsp3) is 0.120. The van der Waals surface area contributed by atoms with E-state index in [9.17, 15) is 19.7 Å². The van der Waals surface area contributed by atoms with Crippen LogP contribution in [0.5, 0.6) is 5.75 Å². The molecule has 1 heterocycles. The van der Waals surface area contributed by atoms with Crippen LogP contribution in [0.4, 0.5) is 22.9 Å². The summed E-state index contributed by atoms with van der Waals surface area (Å²) in [5.41, 5.74) is 1.59. The highest BCUT2D eigenvalue weighted by molar-refractivity contribution is 5.98. The number of methoxy groups -OCH3 is 1. The molecule has 0 aliphatic heterocycles. The first-order chi connectivity index (χ1) is 17.4. The second kappa shape index (κ2) is 10.5. The van der Waals surface area contributed by atoms with Gasteiger partial charge in [0.1, 0.15) is 17.9 Å². The number of nitro groups is 1. The predicted octanol–water partition coefficient (Wildman–Crippen LogP) is 4.47. The van der Waals surface area contributed by atoms with Crippen LogP contribution in [0.1, 0.15) is 17.3 Å². The van der Waals surface area contributed by atoms with Gasteiger partial charge in [0.15, 0.2) is 6.10 Å². The van der Waals surface area contributed by atoms with Crippen LogP contribution in [-0.4, -0.2) is 40.0 Å². The van der Waals surface area contributed by atoms with E-state index in [1.807, 2.05) is 24.3 Å². The highest BCUT2D eigenvalue weighted by Gasteiger charge is 2.21. The number of nitrogens with zero attached hydrogens (tertiary/aromatic N) is 3. The van der Waals surface area contributed by atoms with Crippen molar-refractivity contribution in [2.75, 3.05) is 17.7 Å². The van der Waals surface area contributed by atoms with E-state index in [-0.39, 0.29) is 22.7 Å². The first-order valence-electron chi connectivity index (χ1n) is 10.8. The second-order valence-corrected chi connectivity index (χ2v) is 7.62. The van der Waals surface area contributed by atoms with Crippen molar-refractivity contribution in [3.63, 3.8) is 0 Å². The second-order valence-electron chi connectivity index (χ2n) is 7.62. The first-order valence-corrected chi connectivity index (χ1v) is 10.8. The van der Waals surface area contributed by atoms with Crippen LogP contribution in [0.25, 0.3) is 10.9 Å². The molecule has 0 saturated heterocycles. The lowest BCUT2D eigenvalue weighted by molar-refractivity contribution is -0.384. The van der Waals surface area contributed by atoms with Crippen LogP contribution < -0.4 is 15.4 Å². The van der Waals surface area contributed by atoms with Crippen molar-refractivity contribution in [3.8, 4) is 5.75 Å². The number of carbonyl (C=O) groups excluding carboxylic acids is 2. The van der Waals surface area contributed by atoms with E-state index >= 15 is 0 Å². The Labute approximate surface area is 205 Å². The Kier molecular flexibility index (Phi) is 7.00. The van der Waals surface area contributed by atoms with E-state index in [1.54, 1.807) is 24.3 Å². The molecular formula is C25H21N5O6. The predicted molar refractivity (Wildman–Crippen MR) is 132 cm³/mol. The Morgan fingerprint density at radius 1 is 1.03 bits per heavy atom. The summed E-state index contributed by atoms with van der Waals surface area (Å²) < 4.78 is 10.4. The molecule has 0 aliphatic carbocycles. The number of hydrogen-bond donors (Lipinski definition) is 2. The molecule has 1 unspecified atom stereocenters. The summed E-state index contributed by atoms with van der Waals surface area (Å²) in [5.74, 6) is -0.524. The van der Waals surface area contributed by atoms with E-state index in [0.29, 0.717) is 11.5 Å². The minimum Gasteiger partial charge on any atom is -0.495 e. The van der Waals surface area contributed by atoms with Crippen LogP contribution in [0.15, 0.2) is 73.1 Å². The van der Waals surface area contributed by atoms with E-state index in [4.69, 9.17) is 9.47 Å². The largest absolute Gasteiger partial charge is 0.495 e. The number of nitro benzene ring substituents is 1. The van der Waals surface area contributed by atoms with Gasteiger partial charge in [-0.3, -0.25) is 14.9 Å². The quantitative estimate of drug-likeness (QED) is 0.209. The van der Waals surface area contributed by atoms with E-state index < -0.39 is 22.9 Å². The summed E-state index contributed by atoms with van der Waals surface area (Å²) in [6.07, 6.45) is 0.290. The molecule has 36 heavy (non-hydrogen) atoms. The molecule has 1 amide bonds. The summed E-state index contributed by atoms with van der Waals surface area (Å²) in [4.78, 5) is 44.1. The average Bonchev–Trinajstić information content (AvgIpc) is 2.89. The number of anilines is 3. The zero-order valence-electron chi connectivity index (χ0n) is 19.3. The molecule has 4 rings (SSSR count). The summed E-state index contributed by atoms with van der Waals surface area (Å²) in [7, 11) is 1.37. The number of esters is 1.